The highest BCUT2D eigenvalue weighted by Crippen LogP contribution is 2.30. The Bertz CT molecular complexity index is 1300. The number of nitrogens with zero attached hydrogens (tertiary/aromatic N) is 1. The van der Waals surface area contributed by atoms with Gasteiger partial charge in [-0.05, 0) is 35.9 Å². The van der Waals surface area contributed by atoms with Gasteiger partial charge in [0, 0.05) is 10.9 Å². The number of carbonyl (C=O) groups is 2. The van der Waals surface area contributed by atoms with E-state index in [0.717, 1.165) is 16.2 Å². The van der Waals surface area contributed by atoms with Crippen molar-refractivity contribution in [3.63, 3.8) is 0 Å². The summed E-state index contributed by atoms with van der Waals surface area (Å²) in [6.45, 7) is 1.49. The first-order valence-corrected chi connectivity index (χ1v) is 9.44. The summed E-state index contributed by atoms with van der Waals surface area (Å²) in [6, 6.07) is 20.3. The van der Waals surface area contributed by atoms with Crippen molar-refractivity contribution in [1.82, 2.24) is 0 Å². The van der Waals surface area contributed by atoms with E-state index in [-0.39, 0.29) is 6.42 Å². The topological polar surface area (TPSA) is 92.3 Å². The van der Waals surface area contributed by atoms with Crippen LogP contribution in [0.2, 0.25) is 0 Å². The van der Waals surface area contributed by atoms with Gasteiger partial charge in [-0.25, -0.2) is 0 Å². The summed E-state index contributed by atoms with van der Waals surface area (Å²) in [4.78, 5) is 24.9. The maximum atomic E-state index is 12.5. The number of amides is 1. The molecule has 3 aromatic carbocycles. The fourth-order valence-electron chi connectivity index (χ4n) is 3.38. The molecule has 30 heavy (non-hydrogen) atoms. The zero-order chi connectivity index (χ0) is 21.1. The molecule has 1 heterocycles. The first-order chi connectivity index (χ1) is 14.6. The van der Waals surface area contributed by atoms with Crippen LogP contribution in [0, 0.1) is 11.3 Å². The largest absolute Gasteiger partial charge is 0.464 e. The molecule has 148 valence electrons. The Balaban J connectivity index is 1.48. The molecule has 4 rings (SSSR count). The number of ether oxygens (including phenoxy) is 1. The van der Waals surface area contributed by atoms with Gasteiger partial charge in [-0.2, -0.15) is 5.26 Å². The summed E-state index contributed by atoms with van der Waals surface area (Å²) < 4.78 is 10.9. The predicted molar refractivity (Wildman–Crippen MR) is 113 cm³/mol. The molecule has 0 fully saturated rings. The minimum atomic E-state index is -1.01. The molecule has 0 bridgehead atoms. The number of fused-ring (bicyclic) bond motifs is 3. The smallest absolute Gasteiger partial charge is 0.311 e. The van der Waals surface area contributed by atoms with Gasteiger partial charge in [-0.1, -0.05) is 42.5 Å². The molecule has 0 aliphatic rings. The average molecular weight is 398 g/mol. The summed E-state index contributed by atoms with van der Waals surface area (Å²) in [5.41, 5.74) is 2.10. The first kappa shape index (κ1) is 19.2. The Hall–Kier alpha value is -4.11. The highest BCUT2D eigenvalue weighted by Gasteiger charge is 2.21. The summed E-state index contributed by atoms with van der Waals surface area (Å²) in [7, 11) is 0. The number of nitriles is 1. The van der Waals surface area contributed by atoms with Gasteiger partial charge in [0.25, 0.3) is 5.91 Å². The Labute approximate surface area is 172 Å². The monoisotopic (exact) mass is 398 g/mol. The molecule has 1 N–H and O–H groups in total. The lowest BCUT2D eigenvalue weighted by Crippen LogP contribution is -2.30. The van der Waals surface area contributed by atoms with Crippen LogP contribution in [-0.4, -0.2) is 18.0 Å². The molecule has 0 aliphatic carbocycles. The Kier molecular flexibility index (Phi) is 5.19. The van der Waals surface area contributed by atoms with E-state index in [1.54, 1.807) is 30.5 Å². The van der Waals surface area contributed by atoms with Crippen molar-refractivity contribution < 1.29 is 18.7 Å². The van der Waals surface area contributed by atoms with Crippen molar-refractivity contribution in [3.05, 3.63) is 78.1 Å². The van der Waals surface area contributed by atoms with Gasteiger partial charge >= 0.3 is 5.97 Å². The third-order valence-electron chi connectivity index (χ3n) is 4.86. The van der Waals surface area contributed by atoms with E-state index in [4.69, 9.17) is 14.4 Å². The van der Waals surface area contributed by atoms with Crippen LogP contribution >= 0.6 is 0 Å². The molecule has 6 heteroatoms. The number of rotatable bonds is 5. The lowest BCUT2D eigenvalue weighted by atomic mass is 10.0. The molecule has 1 amide bonds. The second-order valence-corrected chi connectivity index (χ2v) is 6.88. The highest BCUT2D eigenvalue weighted by atomic mass is 16.5. The number of hydrogen-bond donors (Lipinski definition) is 1. The van der Waals surface area contributed by atoms with E-state index >= 15 is 0 Å². The quantitative estimate of drug-likeness (QED) is 0.497. The maximum Gasteiger partial charge on any atom is 0.311 e. The second kappa shape index (κ2) is 8.10. The molecular weight excluding hydrogens is 380 g/mol. The van der Waals surface area contributed by atoms with Gasteiger partial charge in [0.15, 0.2) is 6.10 Å². The minimum Gasteiger partial charge on any atom is -0.464 e. The number of anilines is 1. The fraction of sp³-hybridized carbons (Fsp3) is 0.125. The van der Waals surface area contributed by atoms with Gasteiger partial charge in [0.2, 0.25) is 0 Å². The zero-order valence-corrected chi connectivity index (χ0v) is 16.2. The molecule has 4 aromatic rings. The minimum absolute atomic E-state index is 0.0204. The number of benzene rings is 3. The van der Waals surface area contributed by atoms with Gasteiger partial charge in [-0.3, -0.25) is 9.59 Å². The van der Waals surface area contributed by atoms with E-state index in [2.05, 4.69) is 5.32 Å². The second-order valence-electron chi connectivity index (χ2n) is 6.88. The number of esters is 1. The van der Waals surface area contributed by atoms with E-state index in [9.17, 15) is 9.59 Å². The molecular formula is C24H18N2O4. The van der Waals surface area contributed by atoms with Gasteiger partial charge in [0.05, 0.1) is 23.9 Å². The van der Waals surface area contributed by atoms with Crippen LogP contribution in [0.3, 0.4) is 0 Å². The standard InChI is InChI=1S/C24H18N2O4/c1-15(24(28)26-20-9-5-3-7-17(20)13-25)30-22(27)12-18-14-29-21-11-10-16-6-2-4-8-19(16)23(18)21/h2-11,14-15H,12H2,1H3,(H,26,28)/t15-/m0/s1. The molecule has 1 aromatic heterocycles. The lowest BCUT2D eigenvalue weighted by Gasteiger charge is -2.14. The van der Waals surface area contributed by atoms with E-state index in [0.29, 0.717) is 22.4 Å². The van der Waals surface area contributed by atoms with E-state index < -0.39 is 18.0 Å². The summed E-state index contributed by atoms with van der Waals surface area (Å²) >= 11 is 0. The van der Waals surface area contributed by atoms with Crippen molar-refractivity contribution in [3.8, 4) is 6.07 Å². The molecule has 0 aliphatic heterocycles. The van der Waals surface area contributed by atoms with Crippen LogP contribution in [0.4, 0.5) is 5.69 Å². The number of carbonyl (C=O) groups excluding carboxylic acids is 2. The normalized spacial score (nSPS) is 11.7. The number of hydrogen-bond acceptors (Lipinski definition) is 5. The maximum absolute atomic E-state index is 12.5. The average Bonchev–Trinajstić information content (AvgIpc) is 3.17. The van der Waals surface area contributed by atoms with Gasteiger partial charge in [-0.15, -0.1) is 0 Å². The van der Waals surface area contributed by atoms with Crippen LogP contribution in [0.1, 0.15) is 18.1 Å². The predicted octanol–water partition coefficient (Wildman–Crippen LogP) is 4.57. The molecule has 0 saturated heterocycles. The van der Waals surface area contributed by atoms with Crippen LogP contribution in [-0.2, 0) is 20.7 Å². The van der Waals surface area contributed by atoms with Crippen LogP contribution in [0.25, 0.3) is 21.7 Å². The van der Waals surface area contributed by atoms with Crippen molar-refractivity contribution in [2.24, 2.45) is 0 Å². The zero-order valence-electron chi connectivity index (χ0n) is 16.2. The van der Waals surface area contributed by atoms with Gasteiger partial charge in [0.1, 0.15) is 11.7 Å². The fourth-order valence-corrected chi connectivity index (χ4v) is 3.38. The number of furan rings is 1. The molecule has 0 saturated carbocycles. The van der Waals surface area contributed by atoms with Crippen LogP contribution in [0.5, 0.6) is 0 Å². The number of para-hydroxylation sites is 1. The molecule has 0 unspecified atom stereocenters. The Morgan fingerprint density at radius 1 is 1.10 bits per heavy atom. The molecule has 6 nitrogen and oxygen atoms in total. The Morgan fingerprint density at radius 2 is 1.87 bits per heavy atom. The van der Waals surface area contributed by atoms with Crippen molar-refractivity contribution in [1.29, 1.82) is 5.26 Å². The third kappa shape index (κ3) is 3.74. The third-order valence-corrected chi connectivity index (χ3v) is 4.86. The first-order valence-electron chi connectivity index (χ1n) is 9.44. The summed E-state index contributed by atoms with van der Waals surface area (Å²) in [5, 5.41) is 14.7. The van der Waals surface area contributed by atoms with Crippen molar-refractivity contribution in [2.45, 2.75) is 19.4 Å². The summed E-state index contributed by atoms with van der Waals surface area (Å²) in [6.07, 6.45) is 0.513. The molecule has 1 atom stereocenters. The van der Waals surface area contributed by atoms with Crippen LogP contribution < -0.4 is 5.32 Å². The van der Waals surface area contributed by atoms with E-state index in [1.807, 2.05) is 42.5 Å². The van der Waals surface area contributed by atoms with Crippen molar-refractivity contribution in [2.75, 3.05) is 5.32 Å². The van der Waals surface area contributed by atoms with Gasteiger partial charge < -0.3 is 14.5 Å². The van der Waals surface area contributed by atoms with Crippen LogP contribution in [0.15, 0.2) is 71.3 Å². The van der Waals surface area contributed by atoms with E-state index in [1.165, 1.54) is 6.92 Å². The molecule has 0 spiro atoms. The number of nitrogens with one attached hydrogen (secondary N) is 1. The SMILES string of the molecule is C[C@H](OC(=O)Cc1coc2ccc3ccccc3c12)C(=O)Nc1ccccc1C#N. The summed E-state index contributed by atoms with van der Waals surface area (Å²) in [5.74, 6) is -1.05. The van der Waals surface area contributed by atoms with Crippen molar-refractivity contribution >= 4 is 39.3 Å². The Morgan fingerprint density at radius 3 is 2.70 bits per heavy atom. The lowest BCUT2D eigenvalue weighted by molar-refractivity contribution is -0.152. The molecule has 0 radical (unpaired) electrons. The highest BCUT2D eigenvalue weighted by molar-refractivity contribution is 6.08.